The number of aliphatic carboxylic acids is 1. The van der Waals surface area contributed by atoms with Crippen LogP contribution in [0.1, 0.15) is 31.7 Å². The number of amides is 2. The highest BCUT2D eigenvalue weighted by Crippen LogP contribution is 2.08. The number of rotatable bonds is 9. The maximum Gasteiger partial charge on any atom is 0.315 e. The fourth-order valence-electron chi connectivity index (χ4n) is 2.11. The lowest BCUT2D eigenvalue weighted by molar-refractivity contribution is -0.137. The fraction of sp³-hybridized carbons (Fsp3) is 0.500. The lowest BCUT2D eigenvalue weighted by Gasteiger charge is -2.21. The minimum Gasteiger partial charge on any atom is -0.481 e. The minimum atomic E-state index is -0.887. The standard InChI is InChI=1S/C16H24N2O4/c1-2-13(11-19)17-16(22)18-14(8-9-15(20)21)10-12-6-4-3-5-7-12/h3-7,13-14,19H,2,8-11H2,1H3,(H,20,21)(H2,17,18,22)/t13-,14?/m1/s1. The predicted octanol–water partition coefficient (Wildman–Crippen LogP) is 1.53. The molecule has 2 amide bonds. The molecule has 0 aliphatic heterocycles. The molecule has 1 aromatic rings. The van der Waals surface area contributed by atoms with E-state index in [1.165, 1.54) is 0 Å². The maximum atomic E-state index is 11.9. The number of hydrogen-bond donors (Lipinski definition) is 4. The first kappa shape index (κ1) is 18.0. The van der Waals surface area contributed by atoms with E-state index < -0.39 is 5.97 Å². The SMILES string of the molecule is CC[C@H](CO)NC(=O)NC(CCC(=O)O)Cc1ccccc1. The second kappa shape index (κ2) is 9.78. The number of carboxylic acid groups (broad SMARTS) is 1. The van der Waals surface area contributed by atoms with Crippen molar-refractivity contribution in [2.75, 3.05) is 6.61 Å². The van der Waals surface area contributed by atoms with Crippen molar-refractivity contribution in [1.29, 1.82) is 0 Å². The highest BCUT2D eigenvalue weighted by atomic mass is 16.4. The van der Waals surface area contributed by atoms with Crippen LogP contribution in [0.5, 0.6) is 0 Å². The van der Waals surface area contributed by atoms with Crippen LogP contribution in [-0.2, 0) is 11.2 Å². The minimum absolute atomic E-state index is 0.00497. The van der Waals surface area contributed by atoms with Gasteiger partial charge in [-0.2, -0.15) is 0 Å². The molecule has 2 atom stereocenters. The van der Waals surface area contributed by atoms with Gasteiger partial charge in [0.1, 0.15) is 0 Å². The van der Waals surface area contributed by atoms with E-state index in [0.29, 0.717) is 19.3 Å². The molecule has 1 rings (SSSR count). The van der Waals surface area contributed by atoms with Gasteiger partial charge >= 0.3 is 12.0 Å². The summed E-state index contributed by atoms with van der Waals surface area (Å²) < 4.78 is 0. The fourth-order valence-corrected chi connectivity index (χ4v) is 2.11. The molecule has 22 heavy (non-hydrogen) atoms. The van der Waals surface area contributed by atoms with Crippen molar-refractivity contribution in [2.24, 2.45) is 0 Å². The van der Waals surface area contributed by atoms with Gasteiger partial charge in [-0.05, 0) is 24.8 Å². The molecule has 122 valence electrons. The van der Waals surface area contributed by atoms with E-state index in [1.54, 1.807) is 0 Å². The van der Waals surface area contributed by atoms with E-state index in [9.17, 15) is 9.59 Å². The number of carbonyl (C=O) groups is 2. The Morgan fingerprint density at radius 2 is 1.77 bits per heavy atom. The summed E-state index contributed by atoms with van der Waals surface area (Å²) in [7, 11) is 0. The van der Waals surface area contributed by atoms with Crippen LogP contribution < -0.4 is 10.6 Å². The molecule has 1 unspecified atom stereocenters. The normalized spacial score (nSPS) is 13.2. The van der Waals surface area contributed by atoms with Crippen LogP contribution in [0.15, 0.2) is 30.3 Å². The zero-order chi connectivity index (χ0) is 16.4. The maximum absolute atomic E-state index is 11.9. The van der Waals surface area contributed by atoms with Gasteiger partial charge < -0.3 is 20.8 Å². The first-order chi connectivity index (χ1) is 10.5. The van der Waals surface area contributed by atoms with Gasteiger partial charge in [-0.15, -0.1) is 0 Å². The summed E-state index contributed by atoms with van der Waals surface area (Å²) in [4.78, 5) is 22.7. The Balaban J connectivity index is 2.60. The van der Waals surface area contributed by atoms with Gasteiger partial charge in [-0.3, -0.25) is 4.79 Å². The molecular weight excluding hydrogens is 284 g/mol. The lowest BCUT2D eigenvalue weighted by atomic mass is 10.0. The van der Waals surface area contributed by atoms with E-state index in [1.807, 2.05) is 37.3 Å². The molecule has 6 nitrogen and oxygen atoms in total. The third-order valence-corrected chi connectivity index (χ3v) is 3.42. The van der Waals surface area contributed by atoms with Gasteiger partial charge in [0.15, 0.2) is 0 Å². The molecule has 0 radical (unpaired) electrons. The van der Waals surface area contributed by atoms with E-state index >= 15 is 0 Å². The number of aliphatic hydroxyl groups is 1. The first-order valence-corrected chi connectivity index (χ1v) is 7.48. The van der Waals surface area contributed by atoms with Crippen LogP contribution in [0.4, 0.5) is 4.79 Å². The van der Waals surface area contributed by atoms with Gasteiger partial charge in [0, 0.05) is 12.5 Å². The molecule has 1 aromatic carbocycles. The second-order valence-electron chi connectivity index (χ2n) is 5.22. The third-order valence-electron chi connectivity index (χ3n) is 3.42. The summed E-state index contributed by atoms with van der Waals surface area (Å²) >= 11 is 0. The summed E-state index contributed by atoms with van der Waals surface area (Å²) in [6, 6.07) is 8.65. The Bertz CT molecular complexity index is 460. The molecule has 0 aliphatic rings. The van der Waals surface area contributed by atoms with Gasteiger partial charge in [-0.1, -0.05) is 37.3 Å². The highest BCUT2D eigenvalue weighted by Gasteiger charge is 2.16. The van der Waals surface area contributed by atoms with Gasteiger partial charge in [0.25, 0.3) is 0 Å². The number of carboxylic acids is 1. The average Bonchev–Trinajstić information content (AvgIpc) is 2.51. The lowest BCUT2D eigenvalue weighted by Crippen LogP contribution is -2.48. The van der Waals surface area contributed by atoms with Crippen molar-refractivity contribution < 1.29 is 19.8 Å². The Labute approximate surface area is 130 Å². The van der Waals surface area contributed by atoms with Gasteiger partial charge in [-0.25, -0.2) is 4.79 Å². The Kier molecular flexibility index (Phi) is 7.99. The second-order valence-corrected chi connectivity index (χ2v) is 5.22. The molecule has 0 aliphatic carbocycles. The van der Waals surface area contributed by atoms with Crippen LogP contribution in [0.25, 0.3) is 0 Å². The van der Waals surface area contributed by atoms with Crippen molar-refractivity contribution in [3.8, 4) is 0 Å². The smallest absolute Gasteiger partial charge is 0.315 e. The average molecular weight is 308 g/mol. The van der Waals surface area contributed by atoms with Crippen molar-refractivity contribution >= 4 is 12.0 Å². The number of carbonyl (C=O) groups excluding carboxylic acids is 1. The van der Waals surface area contributed by atoms with Crippen molar-refractivity contribution in [3.63, 3.8) is 0 Å². The summed E-state index contributed by atoms with van der Waals surface area (Å²) in [5.41, 5.74) is 1.03. The largest absolute Gasteiger partial charge is 0.481 e. The molecule has 6 heteroatoms. The molecule has 4 N–H and O–H groups in total. The topological polar surface area (TPSA) is 98.7 Å². The van der Waals surface area contributed by atoms with Crippen molar-refractivity contribution in [1.82, 2.24) is 10.6 Å². The molecule has 0 saturated heterocycles. The van der Waals surface area contributed by atoms with E-state index in [2.05, 4.69) is 10.6 Å². The number of hydrogen-bond acceptors (Lipinski definition) is 3. The molecular formula is C16H24N2O4. The van der Waals surface area contributed by atoms with Crippen molar-refractivity contribution in [2.45, 2.75) is 44.7 Å². The van der Waals surface area contributed by atoms with Crippen LogP contribution in [0.3, 0.4) is 0 Å². The number of nitrogens with one attached hydrogen (secondary N) is 2. The van der Waals surface area contributed by atoms with Gasteiger partial charge in [0.2, 0.25) is 0 Å². The Morgan fingerprint density at radius 1 is 1.14 bits per heavy atom. The summed E-state index contributed by atoms with van der Waals surface area (Å²) in [5, 5.41) is 23.4. The highest BCUT2D eigenvalue weighted by molar-refractivity contribution is 5.74. The molecule has 0 spiro atoms. The summed E-state index contributed by atoms with van der Waals surface area (Å²) in [6.45, 7) is 1.75. The molecule has 0 fully saturated rings. The first-order valence-electron chi connectivity index (χ1n) is 7.48. The molecule has 0 heterocycles. The quantitative estimate of drug-likeness (QED) is 0.556. The van der Waals surface area contributed by atoms with Crippen LogP contribution in [-0.4, -0.2) is 40.9 Å². The molecule has 0 bridgehead atoms. The van der Waals surface area contributed by atoms with E-state index in [0.717, 1.165) is 5.56 Å². The van der Waals surface area contributed by atoms with Crippen LogP contribution >= 0.6 is 0 Å². The van der Waals surface area contributed by atoms with Crippen LogP contribution in [0.2, 0.25) is 0 Å². The zero-order valence-corrected chi connectivity index (χ0v) is 12.8. The van der Waals surface area contributed by atoms with Crippen molar-refractivity contribution in [3.05, 3.63) is 35.9 Å². The predicted molar refractivity (Wildman–Crippen MR) is 83.6 cm³/mol. The summed E-state index contributed by atoms with van der Waals surface area (Å²) in [5.74, 6) is -0.887. The third kappa shape index (κ3) is 7.08. The van der Waals surface area contributed by atoms with Gasteiger partial charge in [0.05, 0.1) is 12.6 Å². The Hall–Kier alpha value is -2.08. The van der Waals surface area contributed by atoms with E-state index in [-0.39, 0.29) is 31.1 Å². The zero-order valence-electron chi connectivity index (χ0n) is 12.8. The number of benzene rings is 1. The monoisotopic (exact) mass is 308 g/mol. The Morgan fingerprint density at radius 3 is 2.32 bits per heavy atom. The van der Waals surface area contributed by atoms with Crippen LogP contribution in [0, 0.1) is 0 Å². The molecule has 0 aromatic heterocycles. The van der Waals surface area contributed by atoms with E-state index in [4.69, 9.17) is 10.2 Å². The molecule has 0 saturated carbocycles. The number of urea groups is 1. The number of aliphatic hydroxyl groups excluding tert-OH is 1. The summed E-state index contributed by atoms with van der Waals surface area (Å²) in [6.07, 6.45) is 1.54.